The van der Waals surface area contributed by atoms with Crippen LogP contribution in [0.5, 0.6) is 5.75 Å². The monoisotopic (exact) mass is 212 g/mol. The molecule has 3 nitrogen and oxygen atoms in total. The molecule has 0 aliphatic carbocycles. The third kappa shape index (κ3) is 3.85. The van der Waals surface area contributed by atoms with Crippen LogP contribution in [-0.2, 0) is 6.54 Å². The van der Waals surface area contributed by atoms with Crippen molar-refractivity contribution in [3.05, 3.63) is 29.6 Å². The summed E-state index contributed by atoms with van der Waals surface area (Å²) < 4.78 is 18.7. The van der Waals surface area contributed by atoms with Gasteiger partial charge >= 0.3 is 0 Å². The van der Waals surface area contributed by atoms with Gasteiger partial charge in [0.05, 0.1) is 0 Å². The fourth-order valence-corrected chi connectivity index (χ4v) is 1.13. The van der Waals surface area contributed by atoms with Crippen LogP contribution in [0.3, 0.4) is 0 Å². The van der Waals surface area contributed by atoms with Crippen LogP contribution in [0.25, 0.3) is 0 Å². The van der Waals surface area contributed by atoms with Gasteiger partial charge < -0.3 is 15.4 Å². The Balaban J connectivity index is 2.54. The first kappa shape index (κ1) is 11.9. The number of hydrogen-bond acceptors (Lipinski definition) is 3. The van der Waals surface area contributed by atoms with Crippen LogP contribution in [-0.4, -0.2) is 32.1 Å². The maximum Gasteiger partial charge on any atom is 0.165 e. The Morgan fingerprint density at radius 2 is 2.13 bits per heavy atom. The predicted octanol–water partition coefficient (Wildman–Crippen LogP) is 1.22. The van der Waals surface area contributed by atoms with Gasteiger partial charge in [-0.2, -0.15) is 0 Å². The van der Waals surface area contributed by atoms with Gasteiger partial charge in [0, 0.05) is 13.1 Å². The Labute approximate surface area is 89.6 Å². The second-order valence-corrected chi connectivity index (χ2v) is 3.62. The van der Waals surface area contributed by atoms with E-state index in [0.717, 1.165) is 12.1 Å². The summed E-state index contributed by atoms with van der Waals surface area (Å²) in [6.07, 6.45) is 0. The van der Waals surface area contributed by atoms with Gasteiger partial charge in [0.25, 0.3) is 0 Å². The molecule has 0 saturated heterocycles. The van der Waals surface area contributed by atoms with E-state index in [4.69, 9.17) is 10.5 Å². The summed E-state index contributed by atoms with van der Waals surface area (Å²) in [6.45, 7) is 1.58. The van der Waals surface area contributed by atoms with Crippen LogP contribution < -0.4 is 10.5 Å². The Kier molecular flexibility index (Phi) is 4.52. The molecule has 0 unspecified atom stereocenters. The average Bonchev–Trinajstić information content (AvgIpc) is 2.20. The van der Waals surface area contributed by atoms with Crippen molar-refractivity contribution in [3.63, 3.8) is 0 Å². The normalized spacial score (nSPS) is 10.7. The molecule has 0 bridgehead atoms. The summed E-state index contributed by atoms with van der Waals surface area (Å²) in [5, 5.41) is 0. The quantitative estimate of drug-likeness (QED) is 0.797. The molecule has 0 spiro atoms. The molecule has 0 radical (unpaired) electrons. The molecule has 0 heterocycles. The Morgan fingerprint density at radius 3 is 2.67 bits per heavy atom. The van der Waals surface area contributed by atoms with Crippen molar-refractivity contribution in [2.75, 3.05) is 27.2 Å². The summed E-state index contributed by atoms with van der Waals surface area (Å²) in [5.74, 6) is -0.0641. The second-order valence-electron chi connectivity index (χ2n) is 3.62. The Bertz CT molecular complexity index is 315. The maximum absolute atomic E-state index is 13.4. The fraction of sp³-hybridized carbons (Fsp3) is 0.455. The van der Waals surface area contributed by atoms with Gasteiger partial charge in [0.2, 0.25) is 0 Å². The number of nitrogens with zero attached hydrogens (tertiary/aromatic N) is 1. The van der Waals surface area contributed by atoms with Crippen LogP contribution in [0.2, 0.25) is 0 Å². The van der Waals surface area contributed by atoms with Crippen molar-refractivity contribution in [1.29, 1.82) is 0 Å². The first-order chi connectivity index (χ1) is 7.13. The lowest BCUT2D eigenvalue weighted by Crippen LogP contribution is -2.19. The molecule has 1 rings (SSSR count). The number of rotatable bonds is 5. The molecule has 2 N–H and O–H groups in total. The molecular formula is C11H17FN2O. The van der Waals surface area contributed by atoms with Crippen LogP contribution >= 0.6 is 0 Å². The molecule has 0 aromatic heterocycles. The van der Waals surface area contributed by atoms with Gasteiger partial charge in [-0.3, -0.25) is 0 Å². The van der Waals surface area contributed by atoms with Gasteiger partial charge in [0.1, 0.15) is 6.61 Å². The zero-order valence-electron chi connectivity index (χ0n) is 9.16. The van der Waals surface area contributed by atoms with E-state index in [0.29, 0.717) is 13.2 Å². The van der Waals surface area contributed by atoms with Gasteiger partial charge in [-0.1, -0.05) is 6.07 Å². The van der Waals surface area contributed by atoms with Crippen molar-refractivity contribution in [1.82, 2.24) is 4.90 Å². The molecule has 84 valence electrons. The highest BCUT2D eigenvalue weighted by atomic mass is 19.1. The van der Waals surface area contributed by atoms with E-state index in [1.165, 1.54) is 6.07 Å². The molecule has 4 heteroatoms. The zero-order chi connectivity index (χ0) is 11.3. The lowest BCUT2D eigenvalue weighted by molar-refractivity contribution is 0.252. The topological polar surface area (TPSA) is 38.5 Å². The minimum Gasteiger partial charge on any atom is -0.489 e. The molecule has 0 atom stereocenters. The average molecular weight is 212 g/mol. The second kappa shape index (κ2) is 5.68. The third-order valence-corrected chi connectivity index (χ3v) is 2.03. The number of likely N-dealkylation sites (N-methyl/N-ethyl adjacent to an activating group) is 1. The molecule has 0 aliphatic heterocycles. The molecule has 1 aromatic carbocycles. The maximum atomic E-state index is 13.4. The van der Waals surface area contributed by atoms with Crippen molar-refractivity contribution in [3.8, 4) is 5.75 Å². The minimum absolute atomic E-state index is 0.286. The number of benzene rings is 1. The van der Waals surface area contributed by atoms with Crippen LogP contribution in [0.1, 0.15) is 5.56 Å². The van der Waals surface area contributed by atoms with Gasteiger partial charge in [-0.15, -0.1) is 0 Å². The highest BCUT2D eigenvalue weighted by Crippen LogP contribution is 2.17. The first-order valence-corrected chi connectivity index (χ1v) is 4.89. The van der Waals surface area contributed by atoms with E-state index in [-0.39, 0.29) is 11.6 Å². The predicted molar refractivity (Wildman–Crippen MR) is 58.3 cm³/mol. The number of halogens is 1. The Morgan fingerprint density at radius 1 is 1.40 bits per heavy atom. The summed E-state index contributed by atoms with van der Waals surface area (Å²) in [4.78, 5) is 1.98. The van der Waals surface area contributed by atoms with Gasteiger partial charge in [0.15, 0.2) is 11.6 Å². The molecule has 0 aliphatic rings. The van der Waals surface area contributed by atoms with E-state index in [1.54, 1.807) is 12.1 Å². The van der Waals surface area contributed by atoms with E-state index in [9.17, 15) is 4.39 Å². The van der Waals surface area contributed by atoms with Crippen molar-refractivity contribution < 1.29 is 9.13 Å². The van der Waals surface area contributed by atoms with Crippen molar-refractivity contribution >= 4 is 0 Å². The van der Waals surface area contributed by atoms with E-state index in [1.807, 2.05) is 19.0 Å². The number of ether oxygens (including phenoxy) is 1. The minimum atomic E-state index is -0.350. The smallest absolute Gasteiger partial charge is 0.165 e. The lowest BCUT2D eigenvalue weighted by Gasteiger charge is -2.11. The van der Waals surface area contributed by atoms with Crippen molar-refractivity contribution in [2.24, 2.45) is 5.73 Å². The summed E-state index contributed by atoms with van der Waals surface area (Å²) in [5.41, 5.74) is 6.17. The van der Waals surface area contributed by atoms with Crippen LogP contribution in [0.4, 0.5) is 4.39 Å². The largest absolute Gasteiger partial charge is 0.489 e. The van der Waals surface area contributed by atoms with E-state index in [2.05, 4.69) is 0 Å². The fourth-order valence-electron chi connectivity index (χ4n) is 1.13. The number of nitrogens with two attached hydrogens (primary N) is 1. The number of hydrogen-bond donors (Lipinski definition) is 1. The van der Waals surface area contributed by atoms with Crippen LogP contribution in [0, 0.1) is 5.82 Å². The Hall–Kier alpha value is -1.13. The molecule has 0 fully saturated rings. The third-order valence-electron chi connectivity index (χ3n) is 2.03. The van der Waals surface area contributed by atoms with Crippen LogP contribution in [0.15, 0.2) is 18.2 Å². The standard InChI is InChI=1S/C11H17FN2O/c1-14(2)5-6-15-11-4-3-9(8-13)7-10(11)12/h3-4,7H,5-6,8,13H2,1-2H3. The molecular weight excluding hydrogens is 195 g/mol. The zero-order valence-corrected chi connectivity index (χ0v) is 9.16. The van der Waals surface area contributed by atoms with Crippen molar-refractivity contribution in [2.45, 2.75) is 6.54 Å². The molecule has 1 aromatic rings. The molecule has 0 amide bonds. The van der Waals surface area contributed by atoms with Gasteiger partial charge in [-0.25, -0.2) is 4.39 Å². The highest BCUT2D eigenvalue weighted by molar-refractivity contribution is 5.29. The first-order valence-electron chi connectivity index (χ1n) is 4.89. The SMILES string of the molecule is CN(C)CCOc1ccc(CN)cc1F. The van der Waals surface area contributed by atoms with Gasteiger partial charge in [-0.05, 0) is 31.8 Å². The summed E-state index contributed by atoms with van der Waals surface area (Å²) >= 11 is 0. The highest BCUT2D eigenvalue weighted by Gasteiger charge is 2.03. The summed E-state index contributed by atoms with van der Waals surface area (Å²) in [7, 11) is 3.88. The lowest BCUT2D eigenvalue weighted by atomic mass is 10.2. The molecule has 0 saturated carbocycles. The van der Waals surface area contributed by atoms with E-state index < -0.39 is 0 Å². The molecule has 15 heavy (non-hydrogen) atoms. The van der Waals surface area contributed by atoms with E-state index >= 15 is 0 Å². The summed E-state index contributed by atoms with van der Waals surface area (Å²) in [6, 6.07) is 4.80.